The highest BCUT2D eigenvalue weighted by molar-refractivity contribution is 8.76. The van der Waals surface area contributed by atoms with Gasteiger partial charge in [-0.05, 0) is 124 Å². The van der Waals surface area contributed by atoms with E-state index in [0.29, 0.717) is 35.7 Å². The quantitative estimate of drug-likeness (QED) is 0.109. The molecule has 12 heteroatoms. The van der Waals surface area contributed by atoms with Gasteiger partial charge in [0.05, 0.1) is 25.4 Å². The fourth-order valence-electron chi connectivity index (χ4n) is 8.41. The highest BCUT2D eigenvalue weighted by Crippen LogP contribution is 2.61. The number of alkyl halides is 6. The zero-order valence-electron chi connectivity index (χ0n) is 27.0. The molecule has 4 aliphatic carbocycles. The summed E-state index contributed by atoms with van der Waals surface area (Å²) < 4.78 is 101. The third-order valence-electron chi connectivity index (χ3n) is 11.2. The number of methoxy groups -OCH3 is 1. The van der Waals surface area contributed by atoms with Crippen LogP contribution < -0.4 is 4.74 Å². The summed E-state index contributed by atoms with van der Waals surface area (Å²) in [5.74, 6) is 3.53. The Morgan fingerprint density at radius 1 is 0.913 bits per heavy atom. The third kappa shape index (κ3) is 7.81. The second-order valence-electron chi connectivity index (χ2n) is 13.9. The molecule has 1 aromatic rings. The van der Waals surface area contributed by atoms with Gasteiger partial charge in [0.2, 0.25) is 0 Å². The predicted molar refractivity (Wildman–Crippen MR) is 170 cm³/mol. The van der Waals surface area contributed by atoms with E-state index >= 15 is 0 Å². The van der Waals surface area contributed by atoms with Crippen molar-refractivity contribution >= 4 is 21.6 Å². The van der Waals surface area contributed by atoms with E-state index < -0.39 is 24.6 Å². The molecule has 0 N–H and O–H groups in total. The average molecular weight is 699 g/mol. The number of hydrogen-bond acceptors (Lipinski definition) is 6. The van der Waals surface area contributed by atoms with E-state index in [4.69, 9.17) is 14.2 Å². The molecular formula is C34H48F6O4S2. The van der Waals surface area contributed by atoms with Crippen LogP contribution in [0.3, 0.4) is 0 Å². The summed E-state index contributed by atoms with van der Waals surface area (Å²) in [7, 11) is 5.74. The molecule has 0 aliphatic heterocycles. The minimum absolute atomic E-state index is 0.0314. The highest BCUT2D eigenvalue weighted by Gasteiger charge is 2.69. The number of rotatable bonds is 14. The fraction of sp³-hybridized carbons (Fsp3) is 0.824. The number of hydrogen-bond donors (Lipinski definition) is 0. The molecule has 4 nitrogen and oxygen atoms in total. The Morgan fingerprint density at radius 2 is 1.70 bits per heavy atom. The van der Waals surface area contributed by atoms with Crippen LogP contribution in [0.15, 0.2) is 18.2 Å². The summed E-state index contributed by atoms with van der Waals surface area (Å²) in [6.45, 7) is 2.41. The lowest BCUT2D eigenvalue weighted by molar-refractivity contribution is -0.374. The molecule has 46 heavy (non-hydrogen) atoms. The van der Waals surface area contributed by atoms with Crippen molar-refractivity contribution in [3.05, 3.63) is 29.3 Å². The lowest BCUT2D eigenvalue weighted by Gasteiger charge is -2.50. The van der Waals surface area contributed by atoms with Crippen molar-refractivity contribution in [1.82, 2.24) is 0 Å². The van der Waals surface area contributed by atoms with Crippen LogP contribution in [-0.4, -0.2) is 68.1 Å². The highest BCUT2D eigenvalue weighted by atomic mass is 33.1. The van der Waals surface area contributed by atoms with E-state index in [-0.39, 0.29) is 31.5 Å². The van der Waals surface area contributed by atoms with E-state index in [1.807, 2.05) is 21.6 Å². The lowest BCUT2D eigenvalue weighted by atomic mass is 9.55. The predicted octanol–water partition coefficient (Wildman–Crippen LogP) is 9.94. The van der Waals surface area contributed by atoms with Gasteiger partial charge in [0.1, 0.15) is 5.75 Å². The molecule has 7 atom stereocenters. The van der Waals surface area contributed by atoms with Crippen molar-refractivity contribution in [1.29, 1.82) is 0 Å². The van der Waals surface area contributed by atoms with Gasteiger partial charge >= 0.3 is 12.4 Å². The molecule has 3 fully saturated rings. The Bertz CT molecular complexity index is 1140. The second-order valence-corrected chi connectivity index (χ2v) is 16.7. The smallest absolute Gasteiger partial charge is 0.426 e. The van der Waals surface area contributed by atoms with E-state index in [0.717, 1.165) is 62.9 Å². The fourth-order valence-corrected chi connectivity index (χ4v) is 11.2. The molecule has 0 spiro atoms. The van der Waals surface area contributed by atoms with Gasteiger partial charge in [-0.1, -0.05) is 34.6 Å². The summed E-state index contributed by atoms with van der Waals surface area (Å²) in [5.41, 5.74) is -1.41. The van der Waals surface area contributed by atoms with Crippen LogP contribution in [0.2, 0.25) is 0 Å². The maximum absolute atomic E-state index is 13.1. The van der Waals surface area contributed by atoms with Crippen molar-refractivity contribution in [3.63, 3.8) is 0 Å². The average Bonchev–Trinajstić information content (AvgIpc) is 3.61. The van der Waals surface area contributed by atoms with Gasteiger partial charge in [0, 0.05) is 24.7 Å². The van der Waals surface area contributed by atoms with Crippen molar-refractivity contribution in [3.8, 4) is 5.75 Å². The normalized spacial score (nSPS) is 31.4. The maximum atomic E-state index is 13.1. The topological polar surface area (TPSA) is 36.9 Å². The number of halogens is 6. The van der Waals surface area contributed by atoms with Gasteiger partial charge in [-0.2, -0.15) is 26.3 Å². The van der Waals surface area contributed by atoms with Gasteiger partial charge in [-0.25, -0.2) is 0 Å². The third-order valence-corrected chi connectivity index (χ3v) is 14.2. The Balaban J connectivity index is 1.06. The van der Waals surface area contributed by atoms with Gasteiger partial charge in [0.15, 0.2) is 0 Å². The minimum Gasteiger partial charge on any atom is -0.494 e. The van der Waals surface area contributed by atoms with Gasteiger partial charge in [0.25, 0.3) is 5.60 Å². The first-order valence-corrected chi connectivity index (χ1v) is 19.1. The summed E-state index contributed by atoms with van der Waals surface area (Å²) in [6.07, 6.45) is -0.150. The summed E-state index contributed by atoms with van der Waals surface area (Å²) in [6, 6.07) is 6.61. The number of ether oxygens (including phenoxy) is 4. The van der Waals surface area contributed by atoms with E-state index in [1.54, 1.807) is 7.11 Å². The largest absolute Gasteiger partial charge is 0.494 e. The Labute approximate surface area is 277 Å². The first-order chi connectivity index (χ1) is 21.8. The summed E-state index contributed by atoms with van der Waals surface area (Å²) in [5, 5.41) is 0.696. The number of fused-ring (bicyclic) bond motifs is 5. The minimum atomic E-state index is -5.55. The van der Waals surface area contributed by atoms with E-state index in [9.17, 15) is 26.3 Å². The molecule has 4 aliphatic rings. The van der Waals surface area contributed by atoms with Crippen LogP contribution in [0.25, 0.3) is 0 Å². The zero-order chi connectivity index (χ0) is 33.2. The van der Waals surface area contributed by atoms with Crippen molar-refractivity contribution in [2.24, 2.45) is 17.3 Å². The molecule has 1 aromatic carbocycles. The summed E-state index contributed by atoms with van der Waals surface area (Å²) >= 11 is 0. The van der Waals surface area contributed by atoms with Crippen molar-refractivity contribution in [2.75, 3.05) is 32.7 Å². The first-order valence-electron chi connectivity index (χ1n) is 16.7. The Kier molecular flexibility index (Phi) is 11.9. The molecule has 0 bridgehead atoms. The van der Waals surface area contributed by atoms with Gasteiger partial charge in [-0.3, -0.25) is 0 Å². The van der Waals surface area contributed by atoms with E-state index in [1.165, 1.54) is 24.0 Å². The van der Waals surface area contributed by atoms with Crippen LogP contribution in [0.1, 0.15) is 95.1 Å². The standard InChI is InChI=1S/C34H48F6O4S2/c1-31-15-14-27-26-11-8-24(42-17-5-19-45-46-25-9-7-23(21-25)41-3)20-22(26)6-10-28(27)29(31)12-13-30(31)43-16-4-18-44-32(2,33(35,36)37)34(38,39)40/h8,11,20,23,25,27-30H,4-7,9-10,12-19,21H2,1-3H3/t23?,25?,27?,28?,29?,30-,31-/m0/s1. The molecule has 0 radical (unpaired) electrons. The molecular weight excluding hydrogens is 650 g/mol. The van der Waals surface area contributed by atoms with E-state index in [2.05, 4.69) is 29.9 Å². The molecule has 3 saturated carbocycles. The van der Waals surface area contributed by atoms with Gasteiger partial charge in [-0.15, -0.1) is 0 Å². The molecule has 5 unspecified atom stereocenters. The second kappa shape index (κ2) is 15.0. The van der Waals surface area contributed by atoms with Crippen molar-refractivity contribution in [2.45, 2.75) is 126 Å². The molecule has 5 rings (SSSR count). The maximum Gasteiger partial charge on any atom is 0.426 e. The molecule has 0 saturated heterocycles. The van der Waals surface area contributed by atoms with Crippen molar-refractivity contribution < 1.29 is 45.3 Å². The summed E-state index contributed by atoms with van der Waals surface area (Å²) in [4.78, 5) is 0. The van der Waals surface area contributed by atoms with Crippen LogP contribution in [-0.2, 0) is 20.6 Å². The SMILES string of the molecule is COC1CCC(SSCCCOc2ccc3c(c2)CCC2C3CC[C@@]3(C)C2CC[C@@H]3OCCCOC(C)(C(F)(F)F)C(F)(F)F)C1. The lowest BCUT2D eigenvalue weighted by Crippen LogP contribution is -2.56. The number of benzene rings is 1. The Hall–Kier alpha value is -0.820. The molecule has 0 amide bonds. The number of aryl methyl sites for hydroxylation is 1. The van der Waals surface area contributed by atoms with Gasteiger partial charge < -0.3 is 18.9 Å². The first kappa shape index (κ1) is 36.5. The van der Waals surface area contributed by atoms with Crippen LogP contribution in [0.5, 0.6) is 5.75 Å². The molecule has 0 aromatic heterocycles. The Morgan fingerprint density at radius 3 is 2.41 bits per heavy atom. The van der Waals surface area contributed by atoms with Crippen LogP contribution in [0, 0.1) is 17.3 Å². The zero-order valence-corrected chi connectivity index (χ0v) is 28.7. The molecule has 262 valence electrons. The van der Waals surface area contributed by atoms with Crippen LogP contribution in [0.4, 0.5) is 26.3 Å². The van der Waals surface area contributed by atoms with Crippen LogP contribution >= 0.6 is 21.6 Å². The monoisotopic (exact) mass is 698 g/mol. The molecule has 0 heterocycles.